The van der Waals surface area contributed by atoms with Crippen molar-refractivity contribution in [2.75, 3.05) is 0 Å². The Balaban J connectivity index is 1.59. The molecule has 0 N–H and O–H groups in total. The Morgan fingerprint density at radius 3 is 2.61 bits per heavy atom. The zero-order valence-corrected chi connectivity index (χ0v) is 18.8. The summed E-state index contributed by atoms with van der Waals surface area (Å²) < 4.78 is 3.21. The van der Waals surface area contributed by atoms with Gasteiger partial charge in [0.2, 0.25) is 0 Å². The van der Waals surface area contributed by atoms with E-state index in [4.69, 9.17) is 0 Å². The van der Waals surface area contributed by atoms with Crippen molar-refractivity contribution in [1.82, 2.24) is 19.1 Å². The molecular formula is C27H23N5O. The van der Waals surface area contributed by atoms with Crippen LogP contribution in [0.5, 0.6) is 0 Å². The average molecular weight is 434 g/mol. The molecule has 5 rings (SSSR count). The predicted molar refractivity (Wildman–Crippen MR) is 129 cm³/mol. The van der Waals surface area contributed by atoms with Crippen molar-refractivity contribution in [1.29, 1.82) is 5.26 Å². The van der Waals surface area contributed by atoms with Gasteiger partial charge in [-0.15, -0.1) is 0 Å². The second kappa shape index (κ2) is 7.72. The maximum absolute atomic E-state index is 13.0. The lowest BCUT2D eigenvalue weighted by Crippen LogP contribution is -2.21. The third kappa shape index (κ3) is 3.58. The molecule has 0 atom stereocenters. The molecule has 0 aliphatic heterocycles. The topological polar surface area (TPSA) is 76.5 Å². The Hall–Kier alpha value is -4.24. The van der Waals surface area contributed by atoms with Crippen molar-refractivity contribution < 1.29 is 0 Å². The number of benzene rings is 1. The second-order valence-electron chi connectivity index (χ2n) is 8.82. The molecule has 0 unspecified atom stereocenters. The van der Waals surface area contributed by atoms with E-state index in [9.17, 15) is 10.1 Å². The summed E-state index contributed by atoms with van der Waals surface area (Å²) >= 11 is 0. The molecule has 1 aliphatic rings. The second-order valence-corrected chi connectivity index (χ2v) is 8.82. The Kier molecular flexibility index (Phi) is 4.83. The van der Waals surface area contributed by atoms with Crippen LogP contribution in [0.2, 0.25) is 0 Å². The molecule has 0 fully saturated rings. The molecule has 1 aliphatic carbocycles. The van der Waals surface area contributed by atoms with Crippen LogP contribution < -0.4 is 5.69 Å². The normalized spacial score (nSPS) is 12.5. The van der Waals surface area contributed by atoms with Gasteiger partial charge >= 0.3 is 5.69 Å². The lowest BCUT2D eigenvalue weighted by Gasteiger charge is -2.16. The smallest absolute Gasteiger partial charge is 0.301 e. The average Bonchev–Trinajstić information content (AvgIpc) is 3.43. The Morgan fingerprint density at radius 2 is 1.85 bits per heavy atom. The number of fused-ring (bicyclic) bond motifs is 1. The number of allylic oxidation sites excluding steroid dienone is 1. The molecule has 0 radical (unpaired) electrons. The molecule has 33 heavy (non-hydrogen) atoms. The largest absolute Gasteiger partial charge is 0.333 e. The zero-order valence-electron chi connectivity index (χ0n) is 18.8. The molecule has 0 amide bonds. The van der Waals surface area contributed by atoms with E-state index in [-0.39, 0.29) is 5.69 Å². The van der Waals surface area contributed by atoms with Crippen LogP contribution >= 0.6 is 0 Å². The van der Waals surface area contributed by atoms with E-state index in [1.807, 2.05) is 56.4 Å². The molecule has 6 nitrogen and oxygen atoms in total. The van der Waals surface area contributed by atoms with Gasteiger partial charge in [0.25, 0.3) is 0 Å². The summed E-state index contributed by atoms with van der Waals surface area (Å²) in [5.41, 5.74) is 6.50. The monoisotopic (exact) mass is 433 g/mol. The molecule has 0 bridgehead atoms. The lowest BCUT2D eigenvalue weighted by atomic mass is 9.86. The Morgan fingerprint density at radius 1 is 1.06 bits per heavy atom. The highest BCUT2D eigenvalue weighted by atomic mass is 16.1. The number of aryl methyl sites for hydroxylation is 1. The van der Waals surface area contributed by atoms with Crippen molar-refractivity contribution in [3.63, 3.8) is 0 Å². The first kappa shape index (κ1) is 20.7. The van der Waals surface area contributed by atoms with Gasteiger partial charge in [-0.2, -0.15) is 5.26 Å². The maximum atomic E-state index is 13.0. The fraction of sp³-hybridized carbons (Fsp3) is 0.185. The number of nitriles is 1. The van der Waals surface area contributed by atoms with Crippen molar-refractivity contribution >= 4 is 6.08 Å². The Bertz CT molecular complexity index is 1500. The summed E-state index contributed by atoms with van der Waals surface area (Å²) in [5, 5.41) is 9.42. The van der Waals surface area contributed by atoms with Gasteiger partial charge in [0.1, 0.15) is 0 Å². The van der Waals surface area contributed by atoms with E-state index >= 15 is 0 Å². The van der Waals surface area contributed by atoms with Gasteiger partial charge in [-0.25, -0.2) is 4.79 Å². The van der Waals surface area contributed by atoms with Crippen molar-refractivity contribution in [3.8, 4) is 34.3 Å². The summed E-state index contributed by atoms with van der Waals surface area (Å²) in [4.78, 5) is 22.2. The molecule has 0 spiro atoms. The molecule has 162 valence electrons. The molecule has 3 aromatic heterocycles. The standard InChI is InChI=1S/C27H23N5O/c1-27(2,17-28)21-7-9-22(10-8-21)32-25(16-31(3)26(32)33)24-14-18(11-12-29-24)20-13-19-5-4-6-23(19)30-15-20/h4-5,7-16H,6H2,1-3H3. The molecule has 1 aromatic carbocycles. The van der Waals surface area contributed by atoms with Crippen LogP contribution in [0.1, 0.15) is 30.7 Å². The molecular weight excluding hydrogens is 410 g/mol. The van der Waals surface area contributed by atoms with Gasteiger partial charge in [-0.1, -0.05) is 24.3 Å². The van der Waals surface area contributed by atoms with Crippen LogP contribution in [0.4, 0.5) is 0 Å². The number of nitrogens with zero attached hydrogens (tertiary/aromatic N) is 5. The number of hydrogen-bond acceptors (Lipinski definition) is 4. The number of rotatable bonds is 4. The van der Waals surface area contributed by atoms with Crippen LogP contribution in [0, 0.1) is 11.3 Å². The van der Waals surface area contributed by atoms with E-state index in [0.717, 1.165) is 40.1 Å². The molecule has 0 saturated carbocycles. The molecule has 6 heteroatoms. The highest BCUT2D eigenvalue weighted by molar-refractivity contribution is 5.72. The highest BCUT2D eigenvalue weighted by Crippen LogP contribution is 2.29. The molecule has 4 aromatic rings. The van der Waals surface area contributed by atoms with E-state index < -0.39 is 5.41 Å². The van der Waals surface area contributed by atoms with Crippen molar-refractivity contribution in [2.24, 2.45) is 7.05 Å². The first-order chi connectivity index (χ1) is 15.9. The fourth-order valence-electron chi connectivity index (χ4n) is 4.11. The van der Waals surface area contributed by atoms with Gasteiger partial charge < -0.3 is 4.57 Å². The summed E-state index contributed by atoms with van der Waals surface area (Å²) in [7, 11) is 1.73. The van der Waals surface area contributed by atoms with E-state index in [1.54, 1.807) is 28.6 Å². The highest BCUT2D eigenvalue weighted by Gasteiger charge is 2.21. The van der Waals surface area contributed by atoms with Crippen LogP contribution in [-0.4, -0.2) is 19.1 Å². The summed E-state index contributed by atoms with van der Waals surface area (Å²) in [6.45, 7) is 3.75. The number of pyridine rings is 2. The van der Waals surface area contributed by atoms with Gasteiger partial charge in [-0.3, -0.25) is 14.5 Å². The van der Waals surface area contributed by atoms with Crippen molar-refractivity contribution in [2.45, 2.75) is 25.7 Å². The summed E-state index contributed by atoms with van der Waals surface area (Å²) in [6, 6.07) is 15.9. The third-order valence-corrected chi connectivity index (χ3v) is 6.14. The first-order valence-electron chi connectivity index (χ1n) is 10.8. The van der Waals surface area contributed by atoms with Crippen molar-refractivity contribution in [3.05, 3.63) is 94.4 Å². The zero-order chi connectivity index (χ0) is 23.2. The number of imidazole rings is 1. The number of hydrogen-bond donors (Lipinski definition) is 0. The minimum Gasteiger partial charge on any atom is -0.301 e. The van der Waals surface area contributed by atoms with E-state index in [0.29, 0.717) is 11.4 Å². The third-order valence-electron chi connectivity index (χ3n) is 6.14. The quantitative estimate of drug-likeness (QED) is 0.469. The van der Waals surface area contributed by atoms with Crippen LogP contribution in [-0.2, 0) is 18.9 Å². The van der Waals surface area contributed by atoms with Crippen LogP contribution in [0.15, 0.2) is 71.9 Å². The minimum absolute atomic E-state index is 0.158. The van der Waals surface area contributed by atoms with E-state index in [1.165, 1.54) is 0 Å². The maximum Gasteiger partial charge on any atom is 0.333 e. The minimum atomic E-state index is -0.599. The fourth-order valence-corrected chi connectivity index (χ4v) is 4.11. The Labute approximate surface area is 192 Å². The summed E-state index contributed by atoms with van der Waals surface area (Å²) in [6.07, 6.45) is 10.5. The van der Waals surface area contributed by atoms with Gasteiger partial charge in [-0.05, 0) is 60.9 Å². The SMILES string of the molecule is Cn1cc(-c2cc(-c3cnc4c(c3)C=CC4)ccn2)n(-c2ccc(C(C)(C)C#N)cc2)c1=O. The van der Waals surface area contributed by atoms with Gasteiger partial charge in [0.15, 0.2) is 0 Å². The van der Waals surface area contributed by atoms with Gasteiger partial charge in [0.05, 0.1) is 34.3 Å². The summed E-state index contributed by atoms with van der Waals surface area (Å²) in [5.74, 6) is 0. The van der Waals surface area contributed by atoms with Crippen LogP contribution in [0.25, 0.3) is 34.3 Å². The van der Waals surface area contributed by atoms with Crippen LogP contribution in [0.3, 0.4) is 0 Å². The number of aromatic nitrogens is 4. The van der Waals surface area contributed by atoms with E-state index in [2.05, 4.69) is 34.3 Å². The first-order valence-corrected chi connectivity index (χ1v) is 10.8. The molecule has 0 saturated heterocycles. The van der Waals surface area contributed by atoms with Gasteiger partial charge in [0, 0.05) is 37.6 Å². The molecule has 3 heterocycles. The predicted octanol–water partition coefficient (Wildman–Crippen LogP) is 4.67. The lowest BCUT2D eigenvalue weighted by molar-refractivity contribution is 0.686.